The van der Waals surface area contributed by atoms with Crippen molar-refractivity contribution in [3.8, 4) is 0 Å². The van der Waals surface area contributed by atoms with E-state index in [9.17, 15) is 4.79 Å². The average molecular weight is 142 g/mol. The monoisotopic (exact) mass is 142 g/mol. The number of hydrogen-bond acceptors (Lipinski definition) is 2. The molecule has 0 aliphatic carbocycles. The minimum absolute atomic E-state index is 0.280. The Morgan fingerprint density at radius 2 is 2.50 bits per heavy atom. The third kappa shape index (κ3) is 1.19. The molecule has 1 rings (SSSR count). The summed E-state index contributed by atoms with van der Waals surface area (Å²) in [7, 11) is 0. The average Bonchev–Trinajstić information content (AvgIpc) is 2.33. The fraction of sp³-hybridized carbons (Fsp3) is 0.571. The van der Waals surface area contributed by atoms with Crippen molar-refractivity contribution in [3.63, 3.8) is 0 Å². The summed E-state index contributed by atoms with van der Waals surface area (Å²) < 4.78 is 5.08. The van der Waals surface area contributed by atoms with E-state index >= 15 is 0 Å². The zero-order chi connectivity index (χ0) is 7.56. The topological polar surface area (TPSA) is 46.5 Å². The van der Waals surface area contributed by atoms with E-state index in [0.29, 0.717) is 13.0 Å². The lowest BCUT2D eigenvalue weighted by molar-refractivity contribution is -0.142. The van der Waals surface area contributed by atoms with E-state index < -0.39 is 5.97 Å². The third-order valence-electron chi connectivity index (χ3n) is 1.69. The predicted octanol–water partition coefficient (Wildman–Crippen LogP) is 0.662. The Morgan fingerprint density at radius 1 is 1.80 bits per heavy atom. The molecule has 0 spiro atoms. The summed E-state index contributed by atoms with van der Waals surface area (Å²) in [6.45, 7) is 4.02. The van der Waals surface area contributed by atoms with Crippen molar-refractivity contribution in [2.24, 2.45) is 5.92 Å². The van der Waals surface area contributed by atoms with Gasteiger partial charge in [0.15, 0.2) is 0 Å². The zero-order valence-electron chi connectivity index (χ0n) is 5.62. The number of carboxylic acids is 1. The Labute approximate surface area is 59.3 Å². The van der Waals surface area contributed by atoms with Crippen molar-refractivity contribution in [1.29, 1.82) is 0 Å². The standard InChI is InChI=1S/C7H10O3/c1-2-6-5(7(8)9)3-4-10-6/h2,5-6H,1,3-4H2,(H,8,9)/t5-,6+/m1/s1. The molecule has 1 saturated heterocycles. The molecule has 2 atom stereocenters. The van der Waals surface area contributed by atoms with Crippen LogP contribution in [0.1, 0.15) is 6.42 Å². The van der Waals surface area contributed by atoms with Crippen molar-refractivity contribution in [3.05, 3.63) is 12.7 Å². The molecular weight excluding hydrogens is 132 g/mol. The number of hydrogen-bond donors (Lipinski definition) is 1. The first-order valence-electron chi connectivity index (χ1n) is 3.22. The molecule has 0 radical (unpaired) electrons. The van der Waals surface area contributed by atoms with Gasteiger partial charge in [-0.15, -0.1) is 6.58 Å². The van der Waals surface area contributed by atoms with E-state index in [1.165, 1.54) is 0 Å². The van der Waals surface area contributed by atoms with Gasteiger partial charge in [0.2, 0.25) is 0 Å². The van der Waals surface area contributed by atoms with Crippen LogP contribution in [0.4, 0.5) is 0 Å². The van der Waals surface area contributed by atoms with Gasteiger partial charge < -0.3 is 9.84 Å². The molecule has 0 bridgehead atoms. The summed E-state index contributed by atoms with van der Waals surface area (Å²) in [5, 5.41) is 8.59. The maximum Gasteiger partial charge on any atom is 0.309 e. The molecule has 1 aliphatic rings. The summed E-state index contributed by atoms with van der Waals surface area (Å²) in [6, 6.07) is 0. The maximum absolute atomic E-state index is 10.4. The van der Waals surface area contributed by atoms with Gasteiger partial charge in [-0.1, -0.05) is 6.08 Å². The molecule has 56 valence electrons. The molecule has 1 N–H and O–H groups in total. The lowest BCUT2D eigenvalue weighted by Crippen LogP contribution is -2.21. The lowest BCUT2D eigenvalue weighted by atomic mass is 10.0. The van der Waals surface area contributed by atoms with Gasteiger partial charge in [0.25, 0.3) is 0 Å². The number of aliphatic carboxylic acids is 1. The number of carboxylic acid groups (broad SMARTS) is 1. The van der Waals surface area contributed by atoms with Crippen LogP contribution in [0, 0.1) is 5.92 Å². The Morgan fingerprint density at radius 3 is 2.90 bits per heavy atom. The van der Waals surface area contributed by atoms with Gasteiger partial charge in [0.05, 0.1) is 12.0 Å². The van der Waals surface area contributed by atoms with Crippen LogP contribution >= 0.6 is 0 Å². The minimum atomic E-state index is -0.789. The van der Waals surface area contributed by atoms with E-state index in [1.54, 1.807) is 6.08 Å². The smallest absolute Gasteiger partial charge is 0.309 e. The van der Waals surface area contributed by atoms with Crippen LogP contribution in [-0.2, 0) is 9.53 Å². The highest BCUT2D eigenvalue weighted by Gasteiger charge is 2.31. The largest absolute Gasteiger partial charge is 0.481 e. The molecule has 0 amide bonds. The van der Waals surface area contributed by atoms with E-state index in [2.05, 4.69) is 6.58 Å². The van der Waals surface area contributed by atoms with Gasteiger partial charge in [0.1, 0.15) is 0 Å². The Hall–Kier alpha value is -0.830. The normalized spacial score (nSPS) is 32.0. The van der Waals surface area contributed by atoms with Gasteiger partial charge in [-0.25, -0.2) is 0 Å². The van der Waals surface area contributed by atoms with E-state index in [4.69, 9.17) is 9.84 Å². The number of carbonyl (C=O) groups is 1. The predicted molar refractivity (Wildman–Crippen MR) is 35.7 cm³/mol. The highest BCUT2D eigenvalue weighted by atomic mass is 16.5. The van der Waals surface area contributed by atoms with Crippen LogP contribution < -0.4 is 0 Å². The third-order valence-corrected chi connectivity index (χ3v) is 1.69. The highest BCUT2D eigenvalue weighted by Crippen LogP contribution is 2.21. The summed E-state index contributed by atoms with van der Waals surface area (Å²) >= 11 is 0. The summed E-state index contributed by atoms with van der Waals surface area (Å²) in [6.07, 6.45) is 1.87. The Bertz CT molecular complexity index is 153. The van der Waals surface area contributed by atoms with E-state index in [-0.39, 0.29) is 12.0 Å². The highest BCUT2D eigenvalue weighted by molar-refractivity contribution is 5.71. The molecule has 1 aliphatic heterocycles. The fourth-order valence-electron chi connectivity index (χ4n) is 1.11. The molecule has 0 aromatic rings. The van der Waals surface area contributed by atoms with Gasteiger partial charge in [-0.05, 0) is 6.42 Å². The van der Waals surface area contributed by atoms with Crippen molar-refractivity contribution in [1.82, 2.24) is 0 Å². The van der Waals surface area contributed by atoms with Crippen LogP contribution in [0.15, 0.2) is 12.7 Å². The number of rotatable bonds is 2. The molecule has 3 heteroatoms. The summed E-state index contributed by atoms with van der Waals surface area (Å²) in [4.78, 5) is 10.4. The van der Waals surface area contributed by atoms with Crippen molar-refractivity contribution in [2.45, 2.75) is 12.5 Å². The fourth-order valence-corrected chi connectivity index (χ4v) is 1.11. The molecule has 1 heterocycles. The van der Waals surface area contributed by atoms with Crippen LogP contribution in [0.25, 0.3) is 0 Å². The van der Waals surface area contributed by atoms with Crippen LogP contribution in [0.3, 0.4) is 0 Å². The van der Waals surface area contributed by atoms with E-state index in [0.717, 1.165) is 0 Å². The van der Waals surface area contributed by atoms with Gasteiger partial charge in [0, 0.05) is 6.61 Å². The molecule has 3 nitrogen and oxygen atoms in total. The van der Waals surface area contributed by atoms with Crippen LogP contribution in [0.5, 0.6) is 0 Å². The summed E-state index contributed by atoms with van der Waals surface area (Å²) in [5.74, 6) is -1.17. The quantitative estimate of drug-likeness (QED) is 0.576. The molecule has 0 aromatic carbocycles. The molecule has 0 unspecified atom stereocenters. The second-order valence-electron chi connectivity index (χ2n) is 2.30. The van der Waals surface area contributed by atoms with Gasteiger partial charge in [-0.2, -0.15) is 0 Å². The lowest BCUT2D eigenvalue weighted by Gasteiger charge is -2.07. The molecule has 1 fully saturated rings. The van der Waals surface area contributed by atoms with Gasteiger partial charge >= 0.3 is 5.97 Å². The summed E-state index contributed by atoms with van der Waals surface area (Å²) in [5.41, 5.74) is 0. The van der Waals surface area contributed by atoms with Crippen molar-refractivity contribution >= 4 is 5.97 Å². The van der Waals surface area contributed by atoms with E-state index in [1.807, 2.05) is 0 Å². The Kier molecular flexibility index (Phi) is 2.06. The van der Waals surface area contributed by atoms with Crippen LogP contribution in [-0.4, -0.2) is 23.8 Å². The molecule has 10 heavy (non-hydrogen) atoms. The number of ether oxygens (including phenoxy) is 1. The Balaban J connectivity index is 2.58. The molecular formula is C7H10O3. The zero-order valence-corrected chi connectivity index (χ0v) is 5.62. The van der Waals surface area contributed by atoms with Gasteiger partial charge in [-0.3, -0.25) is 4.79 Å². The first-order valence-corrected chi connectivity index (χ1v) is 3.22. The maximum atomic E-state index is 10.4. The van der Waals surface area contributed by atoms with Crippen molar-refractivity contribution < 1.29 is 14.6 Å². The minimum Gasteiger partial charge on any atom is -0.481 e. The molecule has 0 aromatic heterocycles. The second-order valence-corrected chi connectivity index (χ2v) is 2.30. The first kappa shape index (κ1) is 7.28. The first-order chi connectivity index (χ1) is 4.75. The molecule has 0 saturated carbocycles. The van der Waals surface area contributed by atoms with Crippen molar-refractivity contribution in [2.75, 3.05) is 6.61 Å². The SMILES string of the molecule is C=C[C@@H]1OCC[C@H]1C(=O)O. The van der Waals surface area contributed by atoms with Crippen LogP contribution in [0.2, 0.25) is 0 Å². The second kappa shape index (κ2) is 2.84.